The van der Waals surface area contributed by atoms with E-state index < -0.39 is 0 Å². The molecular formula is C7H11BrO. The number of alkyl halides is 1. The van der Waals surface area contributed by atoms with Gasteiger partial charge in [0.05, 0.1) is 4.83 Å². The van der Waals surface area contributed by atoms with Gasteiger partial charge in [0, 0.05) is 6.42 Å². The Morgan fingerprint density at radius 2 is 2.33 bits per heavy atom. The van der Waals surface area contributed by atoms with Gasteiger partial charge in [-0.3, -0.25) is 4.79 Å². The zero-order valence-electron chi connectivity index (χ0n) is 5.56. The van der Waals surface area contributed by atoms with Gasteiger partial charge in [-0.15, -0.1) is 0 Å². The van der Waals surface area contributed by atoms with Crippen LogP contribution in [0.5, 0.6) is 0 Å². The molecule has 0 aliphatic heterocycles. The summed E-state index contributed by atoms with van der Waals surface area (Å²) in [5.41, 5.74) is 0. The molecule has 0 amide bonds. The van der Waals surface area contributed by atoms with E-state index >= 15 is 0 Å². The van der Waals surface area contributed by atoms with Crippen molar-refractivity contribution in [1.82, 2.24) is 0 Å². The van der Waals surface area contributed by atoms with Crippen LogP contribution in [-0.4, -0.2) is 10.6 Å². The van der Waals surface area contributed by atoms with Crippen LogP contribution in [0.15, 0.2) is 0 Å². The molecule has 0 N–H and O–H groups in total. The molecule has 1 nitrogen and oxygen atoms in total. The summed E-state index contributed by atoms with van der Waals surface area (Å²) < 4.78 is 0. The normalized spacial score (nSPS) is 36.9. The van der Waals surface area contributed by atoms with Crippen molar-refractivity contribution in [2.45, 2.75) is 31.0 Å². The highest BCUT2D eigenvalue weighted by molar-refractivity contribution is 9.10. The Bertz CT molecular complexity index is 122. The summed E-state index contributed by atoms with van der Waals surface area (Å²) in [7, 11) is 0. The Labute approximate surface area is 64.0 Å². The summed E-state index contributed by atoms with van der Waals surface area (Å²) in [4.78, 5) is 11.1. The Kier molecular flexibility index (Phi) is 2.28. The van der Waals surface area contributed by atoms with Crippen LogP contribution >= 0.6 is 15.9 Å². The second-order valence-electron chi connectivity index (χ2n) is 2.74. The summed E-state index contributed by atoms with van der Waals surface area (Å²) in [6.45, 7) is 2.12. The molecule has 0 heterocycles. The molecule has 1 saturated carbocycles. The van der Waals surface area contributed by atoms with E-state index in [2.05, 4.69) is 22.9 Å². The third-order valence-corrected chi connectivity index (χ3v) is 3.30. The van der Waals surface area contributed by atoms with Crippen molar-refractivity contribution >= 4 is 21.7 Å². The number of hydrogen-bond donors (Lipinski definition) is 0. The first-order valence-electron chi connectivity index (χ1n) is 3.38. The Morgan fingerprint density at radius 3 is 2.78 bits per heavy atom. The average molecular weight is 191 g/mol. The first-order valence-corrected chi connectivity index (χ1v) is 4.30. The van der Waals surface area contributed by atoms with E-state index in [1.165, 1.54) is 6.42 Å². The Hall–Kier alpha value is 0.150. The molecule has 0 radical (unpaired) electrons. The lowest BCUT2D eigenvalue weighted by atomic mass is 9.90. The average Bonchev–Trinajstić information content (AvgIpc) is 1.83. The fraction of sp³-hybridized carbons (Fsp3) is 0.857. The highest BCUT2D eigenvalue weighted by atomic mass is 79.9. The van der Waals surface area contributed by atoms with Crippen LogP contribution in [0.2, 0.25) is 0 Å². The molecule has 2 atom stereocenters. The molecule has 0 aromatic carbocycles. The molecule has 0 saturated heterocycles. The van der Waals surface area contributed by atoms with E-state index in [9.17, 15) is 4.79 Å². The smallest absolute Gasteiger partial charge is 0.146 e. The highest BCUT2D eigenvalue weighted by Gasteiger charge is 2.25. The largest absolute Gasteiger partial charge is 0.298 e. The monoisotopic (exact) mass is 190 g/mol. The number of ketones is 1. The predicted molar refractivity (Wildman–Crippen MR) is 40.7 cm³/mol. The molecule has 1 fully saturated rings. The zero-order valence-corrected chi connectivity index (χ0v) is 7.15. The first-order chi connectivity index (χ1) is 4.22. The zero-order chi connectivity index (χ0) is 6.85. The number of carbonyl (C=O) groups is 1. The molecule has 0 bridgehead atoms. The number of halogens is 1. The molecular weight excluding hydrogens is 180 g/mol. The van der Waals surface area contributed by atoms with Crippen LogP contribution in [0, 0.1) is 5.92 Å². The van der Waals surface area contributed by atoms with Crippen molar-refractivity contribution in [3.8, 4) is 0 Å². The molecule has 0 unspecified atom stereocenters. The second kappa shape index (κ2) is 2.82. The minimum absolute atomic E-state index is 0.145. The SMILES string of the molecule is C[C@@H]1CCCC(=O)[C@H]1Br. The molecule has 1 rings (SSSR count). The summed E-state index contributed by atoms with van der Waals surface area (Å²) in [6.07, 6.45) is 3.06. The predicted octanol–water partition coefficient (Wildman–Crippen LogP) is 2.14. The molecule has 1 aliphatic carbocycles. The fourth-order valence-corrected chi connectivity index (χ4v) is 1.69. The lowest BCUT2D eigenvalue weighted by Crippen LogP contribution is -2.26. The van der Waals surface area contributed by atoms with Gasteiger partial charge in [0.2, 0.25) is 0 Å². The number of Topliss-reactive ketones (excluding diaryl/α,β-unsaturated/α-hetero) is 1. The Balaban J connectivity index is 2.51. The summed E-state index contributed by atoms with van der Waals surface area (Å²) in [6, 6.07) is 0. The van der Waals surface area contributed by atoms with Gasteiger partial charge in [-0.2, -0.15) is 0 Å². The topological polar surface area (TPSA) is 17.1 Å². The van der Waals surface area contributed by atoms with Crippen molar-refractivity contribution in [2.24, 2.45) is 5.92 Å². The van der Waals surface area contributed by atoms with Crippen LogP contribution in [-0.2, 0) is 4.79 Å². The van der Waals surface area contributed by atoms with Crippen molar-refractivity contribution in [1.29, 1.82) is 0 Å². The van der Waals surface area contributed by atoms with Crippen LogP contribution in [0.25, 0.3) is 0 Å². The van der Waals surface area contributed by atoms with E-state index in [0.717, 1.165) is 12.8 Å². The maximum atomic E-state index is 11.0. The van der Waals surface area contributed by atoms with Gasteiger partial charge in [-0.05, 0) is 18.8 Å². The van der Waals surface area contributed by atoms with Crippen LogP contribution < -0.4 is 0 Å². The van der Waals surface area contributed by atoms with E-state index in [-0.39, 0.29) is 4.83 Å². The maximum absolute atomic E-state index is 11.0. The molecule has 0 spiro atoms. The summed E-state index contributed by atoms with van der Waals surface area (Å²) in [5.74, 6) is 0.931. The van der Waals surface area contributed by atoms with Crippen molar-refractivity contribution in [3.05, 3.63) is 0 Å². The molecule has 0 aromatic rings. The van der Waals surface area contributed by atoms with E-state index in [0.29, 0.717) is 11.7 Å². The van der Waals surface area contributed by atoms with Crippen molar-refractivity contribution in [2.75, 3.05) is 0 Å². The minimum Gasteiger partial charge on any atom is -0.298 e. The quantitative estimate of drug-likeness (QED) is 0.536. The molecule has 9 heavy (non-hydrogen) atoms. The van der Waals surface area contributed by atoms with Crippen LogP contribution in [0.1, 0.15) is 26.2 Å². The number of hydrogen-bond acceptors (Lipinski definition) is 1. The van der Waals surface area contributed by atoms with E-state index in [1.807, 2.05) is 0 Å². The Morgan fingerprint density at radius 1 is 1.67 bits per heavy atom. The van der Waals surface area contributed by atoms with Gasteiger partial charge >= 0.3 is 0 Å². The highest BCUT2D eigenvalue weighted by Crippen LogP contribution is 2.26. The minimum atomic E-state index is 0.145. The molecule has 1 aliphatic rings. The van der Waals surface area contributed by atoms with E-state index in [4.69, 9.17) is 0 Å². The lowest BCUT2D eigenvalue weighted by molar-refractivity contribution is -0.120. The molecule has 0 aromatic heterocycles. The van der Waals surface area contributed by atoms with Gasteiger partial charge in [-0.1, -0.05) is 22.9 Å². The standard InChI is InChI=1S/C7H11BrO/c1-5-3-2-4-6(9)7(5)8/h5,7H,2-4H2,1H3/t5-,7+/m1/s1. The number of carbonyl (C=O) groups excluding carboxylic acids is 1. The van der Waals surface area contributed by atoms with Gasteiger partial charge < -0.3 is 0 Å². The molecule has 52 valence electrons. The second-order valence-corrected chi connectivity index (χ2v) is 3.72. The summed E-state index contributed by atoms with van der Waals surface area (Å²) in [5, 5.41) is 0. The molecule has 2 heteroatoms. The fourth-order valence-electron chi connectivity index (χ4n) is 1.20. The van der Waals surface area contributed by atoms with Gasteiger partial charge in [0.25, 0.3) is 0 Å². The third-order valence-electron chi connectivity index (χ3n) is 1.89. The lowest BCUT2D eigenvalue weighted by Gasteiger charge is -2.21. The number of rotatable bonds is 0. The van der Waals surface area contributed by atoms with Crippen molar-refractivity contribution < 1.29 is 4.79 Å². The van der Waals surface area contributed by atoms with Gasteiger partial charge in [-0.25, -0.2) is 0 Å². The summed E-state index contributed by atoms with van der Waals surface area (Å²) >= 11 is 3.37. The first kappa shape index (κ1) is 7.26. The third kappa shape index (κ3) is 1.54. The van der Waals surface area contributed by atoms with Gasteiger partial charge in [0.1, 0.15) is 5.78 Å². The van der Waals surface area contributed by atoms with Crippen molar-refractivity contribution in [3.63, 3.8) is 0 Å². The van der Waals surface area contributed by atoms with E-state index in [1.54, 1.807) is 0 Å². The van der Waals surface area contributed by atoms with Crippen LogP contribution in [0.3, 0.4) is 0 Å². The van der Waals surface area contributed by atoms with Gasteiger partial charge in [0.15, 0.2) is 0 Å². The maximum Gasteiger partial charge on any atom is 0.146 e. The van der Waals surface area contributed by atoms with Crippen LogP contribution in [0.4, 0.5) is 0 Å².